The fraction of sp³-hybridized carbons (Fsp3) is 0.154. The third-order valence-electron chi connectivity index (χ3n) is 2.56. The average molecular weight is 303 g/mol. The lowest BCUT2D eigenvalue weighted by atomic mass is 10.2. The molecule has 7 heteroatoms. The molecule has 0 amide bonds. The van der Waals surface area contributed by atoms with Crippen molar-refractivity contribution in [1.82, 2.24) is 4.98 Å². The lowest BCUT2D eigenvalue weighted by Gasteiger charge is -2.13. The molecule has 0 aliphatic rings. The van der Waals surface area contributed by atoms with Crippen LogP contribution in [0.2, 0.25) is 5.02 Å². The van der Waals surface area contributed by atoms with Crippen molar-refractivity contribution in [2.75, 3.05) is 5.73 Å². The van der Waals surface area contributed by atoms with E-state index < -0.39 is 11.9 Å². The first-order chi connectivity index (χ1) is 9.27. The summed E-state index contributed by atoms with van der Waals surface area (Å²) < 4.78 is 43.2. The van der Waals surface area contributed by atoms with Gasteiger partial charge >= 0.3 is 6.18 Å². The quantitative estimate of drug-likeness (QED) is 0.892. The van der Waals surface area contributed by atoms with E-state index in [9.17, 15) is 13.2 Å². The van der Waals surface area contributed by atoms with Gasteiger partial charge in [-0.3, -0.25) is 0 Å². The van der Waals surface area contributed by atoms with E-state index in [1.165, 1.54) is 6.07 Å². The molecule has 3 nitrogen and oxygen atoms in total. The standard InChI is InChI=1S/C13H10ClF3N2O/c1-7-2-3-8(14)4-10(7)20-11-5-12(13(15,16)17)19-6-9(11)18/h2-6H,18H2,1H3. The average Bonchev–Trinajstić information content (AvgIpc) is 2.35. The molecule has 0 unspecified atom stereocenters. The van der Waals surface area contributed by atoms with Gasteiger partial charge in [0, 0.05) is 11.1 Å². The molecular weight excluding hydrogens is 293 g/mol. The zero-order valence-electron chi connectivity index (χ0n) is 10.3. The first-order valence-electron chi connectivity index (χ1n) is 5.54. The number of alkyl halides is 3. The molecule has 0 saturated heterocycles. The summed E-state index contributed by atoms with van der Waals surface area (Å²) in [6.07, 6.45) is -3.65. The van der Waals surface area contributed by atoms with Crippen LogP contribution in [0.3, 0.4) is 0 Å². The zero-order valence-corrected chi connectivity index (χ0v) is 11.1. The normalized spacial score (nSPS) is 11.4. The Bertz CT molecular complexity index is 644. The summed E-state index contributed by atoms with van der Waals surface area (Å²) >= 11 is 5.82. The highest BCUT2D eigenvalue weighted by atomic mass is 35.5. The van der Waals surface area contributed by atoms with E-state index in [-0.39, 0.29) is 11.4 Å². The van der Waals surface area contributed by atoms with Crippen LogP contribution in [0.1, 0.15) is 11.3 Å². The summed E-state index contributed by atoms with van der Waals surface area (Å²) in [5.74, 6) is 0.223. The molecule has 2 aromatic rings. The zero-order chi connectivity index (χ0) is 14.9. The summed E-state index contributed by atoms with van der Waals surface area (Å²) in [4.78, 5) is 3.24. The molecule has 0 spiro atoms. The number of benzene rings is 1. The van der Waals surface area contributed by atoms with Crippen molar-refractivity contribution in [2.24, 2.45) is 0 Å². The molecule has 1 aromatic heterocycles. The number of aromatic nitrogens is 1. The molecule has 0 atom stereocenters. The maximum absolute atomic E-state index is 12.6. The SMILES string of the molecule is Cc1ccc(Cl)cc1Oc1cc(C(F)(F)F)ncc1N. The Morgan fingerprint density at radius 2 is 1.90 bits per heavy atom. The van der Waals surface area contributed by atoms with E-state index in [1.54, 1.807) is 19.1 Å². The monoisotopic (exact) mass is 302 g/mol. The number of hydrogen-bond acceptors (Lipinski definition) is 3. The van der Waals surface area contributed by atoms with Crippen molar-refractivity contribution in [2.45, 2.75) is 13.1 Å². The fourth-order valence-corrected chi connectivity index (χ4v) is 1.66. The van der Waals surface area contributed by atoms with Crippen LogP contribution in [0.15, 0.2) is 30.5 Å². The third kappa shape index (κ3) is 3.14. The van der Waals surface area contributed by atoms with Crippen LogP contribution in [0.25, 0.3) is 0 Å². The highest BCUT2D eigenvalue weighted by Gasteiger charge is 2.33. The van der Waals surface area contributed by atoms with Gasteiger partial charge in [0.15, 0.2) is 5.75 Å². The molecule has 0 aliphatic carbocycles. The summed E-state index contributed by atoms with van der Waals surface area (Å²) in [5.41, 5.74) is 5.25. The minimum Gasteiger partial charge on any atom is -0.455 e. The van der Waals surface area contributed by atoms with Gasteiger partial charge < -0.3 is 10.5 Å². The van der Waals surface area contributed by atoms with Crippen molar-refractivity contribution < 1.29 is 17.9 Å². The Labute approximate surface area is 118 Å². The number of ether oxygens (including phenoxy) is 1. The van der Waals surface area contributed by atoms with Gasteiger partial charge in [0.05, 0.1) is 11.9 Å². The Morgan fingerprint density at radius 1 is 1.20 bits per heavy atom. The highest BCUT2D eigenvalue weighted by Crippen LogP contribution is 2.35. The smallest absolute Gasteiger partial charge is 0.433 e. The van der Waals surface area contributed by atoms with Crippen molar-refractivity contribution in [3.8, 4) is 11.5 Å². The fourth-order valence-electron chi connectivity index (χ4n) is 1.49. The number of anilines is 1. The van der Waals surface area contributed by atoms with Crippen LogP contribution in [0.5, 0.6) is 11.5 Å². The van der Waals surface area contributed by atoms with Gasteiger partial charge in [0.2, 0.25) is 0 Å². The van der Waals surface area contributed by atoms with E-state index in [1.807, 2.05) is 0 Å². The summed E-state index contributed by atoms with van der Waals surface area (Å²) in [6, 6.07) is 5.61. The minimum atomic E-state index is -4.56. The predicted octanol–water partition coefficient (Wildman–Crippen LogP) is 4.44. The Hall–Kier alpha value is -1.95. The molecule has 2 rings (SSSR count). The predicted molar refractivity (Wildman–Crippen MR) is 69.9 cm³/mol. The second-order valence-electron chi connectivity index (χ2n) is 4.12. The molecule has 106 valence electrons. The van der Waals surface area contributed by atoms with Crippen molar-refractivity contribution in [3.63, 3.8) is 0 Å². The van der Waals surface area contributed by atoms with Crippen molar-refractivity contribution >= 4 is 17.3 Å². The molecule has 0 saturated carbocycles. The maximum atomic E-state index is 12.6. The van der Waals surface area contributed by atoms with E-state index in [2.05, 4.69) is 4.98 Å². The first kappa shape index (κ1) is 14.5. The van der Waals surface area contributed by atoms with Crippen LogP contribution >= 0.6 is 11.6 Å². The summed E-state index contributed by atoms with van der Waals surface area (Å²) in [6.45, 7) is 1.74. The number of nitrogens with two attached hydrogens (primary N) is 1. The van der Waals surface area contributed by atoms with Gasteiger partial charge in [-0.05, 0) is 24.6 Å². The Balaban J connectivity index is 2.40. The van der Waals surface area contributed by atoms with Gasteiger partial charge in [0.1, 0.15) is 11.4 Å². The lowest BCUT2D eigenvalue weighted by molar-refractivity contribution is -0.141. The topological polar surface area (TPSA) is 48.1 Å². The van der Waals surface area contributed by atoms with Crippen LogP contribution in [0, 0.1) is 6.92 Å². The van der Waals surface area contributed by atoms with Gasteiger partial charge in [-0.25, -0.2) is 4.98 Å². The molecule has 20 heavy (non-hydrogen) atoms. The highest BCUT2D eigenvalue weighted by molar-refractivity contribution is 6.30. The van der Waals surface area contributed by atoms with Gasteiger partial charge in [0.25, 0.3) is 0 Å². The molecule has 1 heterocycles. The van der Waals surface area contributed by atoms with E-state index in [4.69, 9.17) is 22.1 Å². The Kier molecular flexibility index (Phi) is 3.76. The van der Waals surface area contributed by atoms with Gasteiger partial charge in [-0.15, -0.1) is 0 Å². The molecule has 2 N–H and O–H groups in total. The number of pyridine rings is 1. The van der Waals surface area contributed by atoms with Gasteiger partial charge in [-0.1, -0.05) is 17.7 Å². The second kappa shape index (κ2) is 5.20. The van der Waals surface area contributed by atoms with Crippen molar-refractivity contribution in [1.29, 1.82) is 0 Å². The third-order valence-corrected chi connectivity index (χ3v) is 2.79. The minimum absolute atomic E-state index is 0.0115. The van der Waals surface area contributed by atoms with E-state index >= 15 is 0 Å². The number of rotatable bonds is 2. The molecule has 0 bridgehead atoms. The van der Waals surface area contributed by atoms with Crippen LogP contribution in [-0.2, 0) is 6.18 Å². The van der Waals surface area contributed by atoms with Crippen LogP contribution < -0.4 is 10.5 Å². The molecule has 0 radical (unpaired) electrons. The summed E-state index contributed by atoms with van der Waals surface area (Å²) in [5, 5.41) is 0.411. The van der Waals surface area contributed by atoms with E-state index in [0.717, 1.165) is 17.8 Å². The largest absolute Gasteiger partial charge is 0.455 e. The summed E-state index contributed by atoms with van der Waals surface area (Å²) in [7, 11) is 0. The Morgan fingerprint density at radius 3 is 2.55 bits per heavy atom. The molecule has 0 aliphatic heterocycles. The number of hydrogen-bond donors (Lipinski definition) is 1. The van der Waals surface area contributed by atoms with E-state index in [0.29, 0.717) is 10.8 Å². The molecular formula is C13H10ClF3N2O. The number of nitrogens with zero attached hydrogens (tertiary/aromatic N) is 1. The van der Waals surface area contributed by atoms with Crippen molar-refractivity contribution in [3.05, 3.63) is 46.7 Å². The van der Waals surface area contributed by atoms with Gasteiger partial charge in [-0.2, -0.15) is 13.2 Å². The van der Waals surface area contributed by atoms with Crippen LogP contribution in [-0.4, -0.2) is 4.98 Å². The lowest BCUT2D eigenvalue weighted by Crippen LogP contribution is -2.08. The molecule has 0 fully saturated rings. The number of aryl methyl sites for hydroxylation is 1. The molecule has 1 aromatic carbocycles. The second-order valence-corrected chi connectivity index (χ2v) is 4.55. The number of halogens is 4. The number of nitrogen functional groups attached to an aromatic ring is 1. The van der Waals surface area contributed by atoms with Crippen LogP contribution in [0.4, 0.5) is 18.9 Å². The first-order valence-corrected chi connectivity index (χ1v) is 5.92. The maximum Gasteiger partial charge on any atom is 0.433 e.